The number of nitrogens with zero attached hydrogens (tertiary/aromatic N) is 1. The standard InChI is InChI=1S/C27H43N3O4/c1-16(2)15-22(29-26(33)34-27(7,8)9)25(32)30(20-13-14-20)23(24(31)28-17(3)4)21-12-10-11-18(5)19(21)6/h10-12,16-17,20,22-23H,13-15H2,1-9H3,(H,28,31)(H,29,33). The molecule has 3 amide bonds. The van der Waals surface area contributed by atoms with Crippen LogP contribution in [0.5, 0.6) is 0 Å². The summed E-state index contributed by atoms with van der Waals surface area (Å²) in [7, 11) is 0. The molecule has 2 unspecified atom stereocenters. The van der Waals surface area contributed by atoms with Crippen LogP contribution in [0.25, 0.3) is 0 Å². The third-order valence-electron chi connectivity index (χ3n) is 5.79. The first kappa shape index (κ1) is 27.7. The third-order valence-corrected chi connectivity index (χ3v) is 5.79. The Bertz CT molecular complexity index is 884. The Morgan fingerprint density at radius 3 is 2.18 bits per heavy atom. The van der Waals surface area contributed by atoms with Crippen LogP contribution in [-0.2, 0) is 14.3 Å². The van der Waals surface area contributed by atoms with Crippen LogP contribution in [-0.4, -0.2) is 46.5 Å². The van der Waals surface area contributed by atoms with Crippen LogP contribution < -0.4 is 10.6 Å². The first-order valence-corrected chi connectivity index (χ1v) is 12.4. The average molecular weight is 474 g/mol. The minimum absolute atomic E-state index is 0.0366. The Kier molecular flexibility index (Phi) is 9.15. The molecule has 1 fully saturated rings. The summed E-state index contributed by atoms with van der Waals surface area (Å²) in [6, 6.07) is 4.20. The SMILES string of the molecule is Cc1cccc(C(C(=O)NC(C)C)N(C(=O)C(CC(C)C)NC(=O)OC(C)(C)C)C2CC2)c1C. The second kappa shape index (κ2) is 11.2. The van der Waals surface area contributed by atoms with Crippen LogP contribution in [0.2, 0.25) is 0 Å². The maximum Gasteiger partial charge on any atom is 0.408 e. The lowest BCUT2D eigenvalue weighted by Crippen LogP contribution is -2.54. The first-order valence-electron chi connectivity index (χ1n) is 12.4. The van der Waals surface area contributed by atoms with E-state index < -0.39 is 23.8 Å². The zero-order valence-corrected chi connectivity index (χ0v) is 22.3. The molecule has 1 aliphatic carbocycles. The predicted octanol–water partition coefficient (Wildman–Crippen LogP) is 4.80. The van der Waals surface area contributed by atoms with Crippen molar-refractivity contribution in [3.05, 3.63) is 34.9 Å². The highest BCUT2D eigenvalue weighted by Gasteiger charge is 2.44. The van der Waals surface area contributed by atoms with Gasteiger partial charge in [0.1, 0.15) is 17.7 Å². The Labute approximate surface area is 205 Å². The molecular weight excluding hydrogens is 430 g/mol. The van der Waals surface area contributed by atoms with Crippen molar-refractivity contribution in [2.75, 3.05) is 0 Å². The fourth-order valence-electron chi connectivity index (χ4n) is 4.04. The largest absolute Gasteiger partial charge is 0.444 e. The maximum absolute atomic E-state index is 14.0. The summed E-state index contributed by atoms with van der Waals surface area (Å²) >= 11 is 0. The van der Waals surface area contributed by atoms with Gasteiger partial charge in [-0.05, 0) is 90.3 Å². The van der Waals surface area contributed by atoms with E-state index in [0.717, 1.165) is 29.5 Å². The van der Waals surface area contributed by atoms with E-state index in [1.165, 1.54) is 0 Å². The van der Waals surface area contributed by atoms with Gasteiger partial charge in [0.15, 0.2) is 0 Å². The van der Waals surface area contributed by atoms with Crippen molar-refractivity contribution < 1.29 is 19.1 Å². The molecule has 0 bridgehead atoms. The number of rotatable bonds is 9. The van der Waals surface area contributed by atoms with Crippen LogP contribution in [0.1, 0.15) is 90.5 Å². The highest BCUT2D eigenvalue weighted by Crippen LogP contribution is 2.37. The van der Waals surface area contributed by atoms with Crippen LogP contribution in [0.15, 0.2) is 18.2 Å². The maximum atomic E-state index is 14.0. The van der Waals surface area contributed by atoms with E-state index in [-0.39, 0.29) is 29.8 Å². The summed E-state index contributed by atoms with van der Waals surface area (Å²) in [5.41, 5.74) is 2.20. The van der Waals surface area contributed by atoms with Crippen LogP contribution in [0, 0.1) is 19.8 Å². The number of benzene rings is 1. The van der Waals surface area contributed by atoms with Gasteiger partial charge in [-0.25, -0.2) is 4.79 Å². The Morgan fingerprint density at radius 2 is 1.68 bits per heavy atom. The van der Waals surface area contributed by atoms with Crippen molar-refractivity contribution in [1.29, 1.82) is 0 Å². The molecule has 2 atom stereocenters. The molecular formula is C27H43N3O4. The number of carbonyl (C=O) groups is 3. The fourth-order valence-corrected chi connectivity index (χ4v) is 4.04. The topological polar surface area (TPSA) is 87.7 Å². The van der Waals surface area contributed by atoms with Gasteiger partial charge in [0.25, 0.3) is 0 Å². The molecule has 0 aliphatic heterocycles. The number of amides is 3. The van der Waals surface area contributed by atoms with Gasteiger partial charge in [-0.1, -0.05) is 32.0 Å². The molecule has 2 rings (SSSR count). The lowest BCUT2D eigenvalue weighted by molar-refractivity contribution is -0.143. The Hall–Kier alpha value is -2.57. The number of hydrogen-bond acceptors (Lipinski definition) is 4. The molecule has 0 radical (unpaired) electrons. The van der Waals surface area contributed by atoms with E-state index in [9.17, 15) is 14.4 Å². The number of nitrogens with one attached hydrogen (secondary N) is 2. The molecule has 1 aromatic carbocycles. The second-order valence-electron chi connectivity index (χ2n) is 11.2. The van der Waals surface area contributed by atoms with Gasteiger partial charge >= 0.3 is 6.09 Å². The smallest absolute Gasteiger partial charge is 0.408 e. The van der Waals surface area contributed by atoms with E-state index in [4.69, 9.17) is 4.74 Å². The molecule has 2 N–H and O–H groups in total. The lowest BCUT2D eigenvalue weighted by Gasteiger charge is -2.36. The molecule has 190 valence electrons. The summed E-state index contributed by atoms with van der Waals surface area (Å²) in [6.45, 7) is 17.2. The van der Waals surface area contributed by atoms with Gasteiger partial charge in [0, 0.05) is 12.1 Å². The van der Waals surface area contributed by atoms with Gasteiger partial charge in [-0.15, -0.1) is 0 Å². The molecule has 34 heavy (non-hydrogen) atoms. The summed E-state index contributed by atoms with van der Waals surface area (Å²) in [6.07, 6.45) is 1.50. The molecule has 0 heterocycles. The summed E-state index contributed by atoms with van der Waals surface area (Å²) < 4.78 is 5.44. The van der Waals surface area contributed by atoms with Crippen molar-refractivity contribution in [3.8, 4) is 0 Å². The van der Waals surface area contributed by atoms with Crippen molar-refractivity contribution in [1.82, 2.24) is 15.5 Å². The van der Waals surface area contributed by atoms with Crippen LogP contribution >= 0.6 is 0 Å². The molecule has 1 aromatic rings. The average Bonchev–Trinajstić information content (AvgIpc) is 3.50. The number of carbonyl (C=O) groups excluding carboxylic acids is 3. The summed E-state index contributed by atoms with van der Waals surface area (Å²) in [5.74, 6) is -0.287. The van der Waals surface area contributed by atoms with E-state index in [2.05, 4.69) is 10.6 Å². The Morgan fingerprint density at radius 1 is 1.06 bits per heavy atom. The first-order chi connectivity index (χ1) is 15.7. The molecule has 7 nitrogen and oxygen atoms in total. The fraction of sp³-hybridized carbons (Fsp3) is 0.667. The molecule has 0 saturated heterocycles. The zero-order chi connectivity index (χ0) is 25.8. The predicted molar refractivity (Wildman–Crippen MR) is 134 cm³/mol. The number of hydrogen-bond donors (Lipinski definition) is 2. The van der Waals surface area contributed by atoms with Crippen molar-refractivity contribution in [2.45, 2.75) is 111 Å². The zero-order valence-electron chi connectivity index (χ0n) is 22.3. The lowest BCUT2D eigenvalue weighted by atomic mass is 9.94. The molecule has 0 aromatic heterocycles. The van der Waals surface area contributed by atoms with Gasteiger partial charge in [-0.2, -0.15) is 0 Å². The molecule has 1 saturated carbocycles. The number of aryl methyl sites for hydroxylation is 1. The van der Waals surface area contributed by atoms with Gasteiger partial charge in [0.2, 0.25) is 11.8 Å². The Balaban J connectivity index is 2.49. The van der Waals surface area contributed by atoms with Gasteiger partial charge < -0.3 is 20.3 Å². The highest BCUT2D eigenvalue weighted by molar-refractivity contribution is 5.93. The van der Waals surface area contributed by atoms with Crippen molar-refractivity contribution >= 4 is 17.9 Å². The highest BCUT2D eigenvalue weighted by atomic mass is 16.6. The van der Waals surface area contributed by atoms with Gasteiger partial charge in [0.05, 0.1) is 0 Å². The second-order valence-corrected chi connectivity index (χ2v) is 11.2. The quantitative estimate of drug-likeness (QED) is 0.539. The van der Waals surface area contributed by atoms with Crippen LogP contribution in [0.4, 0.5) is 4.79 Å². The summed E-state index contributed by atoms with van der Waals surface area (Å²) in [5, 5.41) is 5.81. The third kappa shape index (κ3) is 7.74. The van der Waals surface area contributed by atoms with E-state index in [1.807, 2.05) is 59.7 Å². The van der Waals surface area contributed by atoms with Gasteiger partial charge in [-0.3, -0.25) is 9.59 Å². The minimum Gasteiger partial charge on any atom is -0.444 e. The molecule has 0 spiro atoms. The van der Waals surface area contributed by atoms with E-state index >= 15 is 0 Å². The van der Waals surface area contributed by atoms with E-state index in [0.29, 0.717) is 6.42 Å². The summed E-state index contributed by atoms with van der Waals surface area (Å²) in [4.78, 5) is 41.9. The number of alkyl carbamates (subject to hydrolysis) is 1. The van der Waals surface area contributed by atoms with Crippen molar-refractivity contribution in [2.24, 2.45) is 5.92 Å². The van der Waals surface area contributed by atoms with Crippen LogP contribution in [0.3, 0.4) is 0 Å². The monoisotopic (exact) mass is 473 g/mol. The minimum atomic E-state index is -0.782. The normalized spacial score (nSPS) is 15.6. The van der Waals surface area contributed by atoms with E-state index in [1.54, 1.807) is 25.7 Å². The molecule has 1 aliphatic rings. The number of ether oxygens (including phenoxy) is 1. The van der Waals surface area contributed by atoms with Crippen molar-refractivity contribution in [3.63, 3.8) is 0 Å². The molecule has 7 heteroatoms.